The second-order valence-electron chi connectivity index (χ2n) is 11.8. The Morgan fingerprint density at radius 3 is 2.43 bits per heavy atom. The van der Waals surface area contributed by atoms with E-state index in [1.165, 1.54) is 0 Å². The van der Waals surface area contributed by atoms with Crippen molar-refractivity contribution in [3.63, 3.8) is 0 Å². The van der Waals surface area contributed by atoms with Crippen LogP contribution in [0.2, 0.25) is 0 Å². The highest BCUT2D eigenvalue weighted by molar-refractivity contribution is 6.19. The van der Waals surface area contributed by atoms with Crippen molar-refractivity contribution in [3.8, 4) is 0 Å². The topological polar surface area (TPSA) is 91.9 Å². The molecule has 2 amide bonds. The maximum absolute atomic E-state index is 13.3. The zero-order valence-electron chi connectivity index (χ0n) is 25.5. The Morgan fingerprint density at radius 2 is 1.71 bits per heavy atom. The molecule has 1 aliphatic heterocycles. The smallest absolute Gasteiger partial charge is 0.261 e. The van der Waals surface area contributed by atoms with Gasteiger partial charge in [0.2, 0.25) is 11.8 Å². The average molecular weight is 570 g/mol. The van der Waals surface area contributed by atoms with Crippen LogP contribution in [0.4, 0.5) is 11.4 Å². The number of carbonyl (C=O) groups is 2. The summed E-state index contributed by atoms with van der Waals surface area (Å²) in [4.78, 5) is 49.8. The van der Waals surface area contributed by atoms with Gasteiger partial charge in [-0.1, -0.05) is 6.07 Å². The van der Waals surface area contributed by atoms with Gasteiger partial charge in [0.15, 0.2) is 0 Å². The second kappa shape index (κ2) is 11.2. The third-order valence-electron chi connectivity index (χ3n) is 8.29. The Balaban J connectivity index is 1.48. The second-order valence-corrected chi connectivity index (χ2v) is 11.8. The van der Waals surface area contributed by atoms with Crippen molar-refractivity contribution in [1.82, 2.24) is 14.5 Å². The molecule has 5 rings (SSSR count). The van der Waals surface area contributed by atoms with Crippen LogP contribution >= 0.6 is 0 Å². The lowest BCUT2D eigenvalue weighted by Crippen LogP contribution is -2.47. The Kier molecular flexibility index (Phi) is 7.81. The van der Waals surface area contributed by atoms with Crippen LogP contribution in [0.5, 0.6) is 0 Å². The van der Waals surface area contributed by atoms with Crippen LogP contribution in [-0.2, 0) is 29.2 Å². The highest BCUT2D eigenvalue weighted by Gasteiger charge is 2.45. The van der Waals surface area contributed by atoms with Gasteiger partial charge in [-0.25, -0.2) is 0 Å². The van der Waals surface area contributed by atoms with Crippen molar-refractivity contribution >= 4 is 34.2 Å². The largest absolute Gasteiger partial charge is 0.461 e. The first-order valence-electron chi connectivity index (χ1n) is 14.4. The number of carbonyl (C=O) groups excluding carboxylic acids is 2. The van der Waals surface area contributed by atoms with Crippen molar-refractivity contribution in [2.75, 3.05) is 29.9 Å². The Morgan fingerprint density at radius 1 is 0.952 bits per heavy atom. The highest BCUT2D eigenvalue weighted by atomic mass is 16.3. The summed E-state index contributed by atoms with van der Waals surface area (Å²) >= 11 is 0. The lowest BCUT2D eigenvalue weighted by Gasteiger charge is -2.27. The van der Waals surface area contributed by atoms with Crippen LogP contribution in [0, 0.1) is 26.2 Å². The highest BCUT2D eigenvalue weighted by Crippen LogP contribution is 2.39. The number of nitrogens with zero attached hydrogens (tertiary/aromatic N) is 5. The van der Waals surface area contributed by atoms with Gasteiger partial charge in [-0.3, -0.25) is 24.3 Å². The summed E-state index contributed by atoms with van der Waals surface area (Å²) in [6, 6.07) is 9.76. The van der Waals surface area contributed by atoms with Crippen LogP contribution in [-0.4, -0.2) is 46.4 Å². The molecule has 1 aliphatic rings. The summed E-state index contributed by atoms with van der Waals surface area (Å²) in [5.41, 5.74) is 5.03. The number of rotatable bonds is 8. The van der Waals surface area contributed by atoms with E-state index in [0.29, 0.717) is 49.4 Å². The van der Waals surface area contributed by atoms with Gasteiger partial charge in [-0.2, -0.15) is 0 Å². The van der Waals surface area contributed by atoms with E-state index >= 15 is 0 Å². The summed E-state index contributed by atoms with van der Waals surface area (Å²) in [5, 5.41) is 0.596. The van der Waals surface area contributed by atoms with Crippen LogP contribution < -0.4 is 15.4 Å². The number of anilines is 2. The van der Waals surface area contributed by atoms with Crippen molar-refractivity contribution in [2.24, 2.45) is 5.41 Å². The monoisotopic (exact) mass is 569 g/mol. The van der Waals surface area contributed by atoms with Crippen molar-refractivity contribution < 1.29 is 14.0 Å². The molecule has 0 fully saturated rings. The fraction of sp³-hybridized carbons (Fsp3) is 0.394. The maximum atomic E-state index is 13.3. The van der Waals surface area contributed by atoms with E-state index in [-0.39, 0.29) is 17.4 Å². The molecule has 1 aromatic carbocycles. The van der Waals surface area contributed by atoms with Crippen molar-refractivity contribution in [2.45, 2.75) is 61.2 Å². The number of aromatic nitrogens is 2. The van der Waals surface area contributed by atoms with Crippen LogP contribution in [0.15, 0.2) is 58.1 Å². The van der Waals surface area contributed by atoms with E-state index in [0.717, 1.165) is 33.7 Å². The van der Waals surface area contributed by atoms with E-state index < -0.39 is 5.41 Å². The summed E-state index contributed by atoms with van der Waals surface area (Å²) in [6.07, 6.45) is 5.53. The normalized spacial score (nSPS) is 15.0. The fourth-order valence-corrected chi connectivity index (χ4v) is 5.81. The number of benzene rings is 1. The molecule has 4 heterocycles. The van der Waals surface area contributed by atoms with Crippen molar-refractivity contribution in [3.05, 3.63) is 87.3 Å². The van der Waals surface area contributed by atoms with E-state index in [1.54, 1.807) is 47.5 Å². The number of furan rings is 1. The first-order valence-corrected chi connectivity index (χ1v) is 14.4. The Labute approximate surface area is 246 Å². The molecule has 0 unspecified atom stereocenters. The molecule has 0 aliphatic carbocycles. The summed E-state index contributed by atoms with van der Waals surface area (Å²) in [7, 11) is 1.73. The maximum Gasteiger partial charge on any atom is 0.261 e. The molecule has 0 saturated carbocycles. The lowest BCUT2D eigenvalue weighted by molar-refractivity contribution is -0.137. The van der Waals surface area contributed by atoms with E-state index in [1.807, 2.05) is 57.4 Å². The molecule has 9 nitrogen and oxygen atoms in total. The molecule has 3 aromatic heterocycles. The predicted octanol–water partition coefficient (Wildman–Crippen LogP) is 4.97. The summed E-state index contributed by atoms with van der Waals surface area (Å²) < 4.78 is 7.51. The van der Waals surface area contributed by atoms with Gasteiger partial charge in [-0.15, -0.1) is 0 Å². The molecule has 42 heavy (non-hydrogen) atoms. The average Bonchev–Trinajstić information content (AvgIpc) is 3.35. The van der Waals surface area contributed by atoms with Gasteiger partial charge in [0.05, 0.1) is 16.8 Å². The first kappa shape index (κ1) is 29.3. The standard InChI is InChI=1S/C33H39N5O4/c1-8-38-27-10-9-24(16-28(27)35(7)31(40)33(5,6)32(38)41)19-36(20-25-17-34-12-11-21(25)2)13-14-37-18-22(3)29-26(30(37)39)15-23(4)42-29/h9-12,15-18H,8,13-14,19-20H2,1-7H3. The minimum Gasteiger partial charge on any atom is -0.461 e. The van der Waals surface area contributed by atoms with Gasteiger partial charge in [0.25, 0.3) is 5.56 Å². The van der Waals surface area contributed by atoms with Crippen LogP contribution in [0.1, 0.15) is 48.8 Å². The number of fused-ring (bicyclic) bond motifs is 2. The van der Waals surface area contributed by atoms with Gasteiger partial charge < -0.3 is 18.8 Å². The number of aryl methyl sites for hydroxylation is 3. The molecule has 0 saturated heterocycles. The first-order chi connectivity index (χ1) is 19.9. The number of hydrogen-bond acceptors (Lipinski definition) is 6. The van der Waals surface area contributed by atoms with Gasteiger partial charge in [-0.05, 0) is 82.5 Å². The fourth-order valence-electron chi connectivity index (χ4n) is 5.81. The summed E-state index contributed by atoms with van der Waals surface area (Å²) in [5.74, 6) is 0.284. The molecule has 4 aromatic rings. The number of hydrogen-bond donors (Lipinski definition) is 0. The van der Waals surface area contributed by atoms with Crippen LogP contribution in [0.25, 0.3) is 11.0 Å². The van der Waals surface area contributed by atoms with E-state index in [2.05, 4.69) is 16.8 Å². The van der Waals surface area contributed by atoms with Crippen LogP contribution in [0.3, 0.4) is 0 Å². The molecule has 9 heteroatoms. The molecule has 0 radical (unpaired) electrons. The van der Waals surface area contributed by atoms with E-state index in [9.17, 15) is 14.4 Å². The van der Waals surface area contributed by atoms with Gasteiger partial charge >= 0.3 is 0 Å². The minimum absolute atomic E-state index is 0.0675. The molecule has 0 bridgehead atoms. The molecule has 0 N–H and O–H groups in total. The zero-order valence-corrected chi connectivity index (χ0v) is 25.5. The van der Waals surface area contributed by atoms with Gasteiger partial charge in [0, 0.05) is 63.9 Å². The minimum atomic E-state index is -1.16. The zero-order chi connectivity index (χ0) is 30.3. The third kappa shape index (κ3) is 5.25. The Hall–Kier alpha value is -4.24. The van der Waals surface area contributed by atoms with Crippen molar-refractivity contribution in [1.29, 1.82) is 0 Å². The summed E-state index contributed by atoms with van der Waals surface area (Å²) in [6.45, 7) is 14.0. The molecule has 0 spiro atoms. The lowest BCUT2D eigenvalue weighted by atomic mass is 9.90. The quantitative estimate of drug-likeness (QED) is 0.278. The number of pyridine rings is 2. The Bertz CT molecular complexity index is 1730. The SMILES string of the molecule is CCN1C(=O)C(C)(C)C(=O)N(C)c2cc(CN(CCn3cc(C)c4oc(C)cc4c3=O)Cc3cnccc3C)ccc21. The predicted molar refractivity (Wildman–Crippen MR) is 165 cm³/mol. The molecule has 220 valence electrons. The molecule has 0 atom stereocenters. The van der Waals surface area contributed by atoms with Gasteiger partial charge in [0.1, 0.15) is 16.8 Å². The molecular formula is C33H39N5O4. The molecular weight excluding hydrogens is 530 g/mol. The third-order valence-corrected chi connectivity index (χ3v) is 8.29. The number of amides is 2. The van der Waals surface area contributed by atoms with E-state index in [4.69, 9.17) is 4.42 Å².